The fourth-order valence-corrected chi connectivity index (χ4v) is 6.83. The van der Waals surface area contributed by atoms with Gasteiger partial charge >= 0.3 is 0 Å². The van der Waals surface area contributed by atoms with Crippen molar-refractivity contribution in [3.63, 3.8) is 0 Å². The third-order valence-electron chi connectivity index (χ3n) is 4.60. The van der Waals surface area contributed by atoms with E-state index in [9.17, 15) is 16.8 Å². The third kappa shape index (κ3) is 3.61. The highest BCUT2D eigenvalue weighted by Crippen LogP contribution is 2.36. The Labute approximate surface area is 175 Å². The van der Waals surface area contributed by atoms with Crippen LogP contribution in [0.15, 0.2) is 40.1 Å². The largest absolute Gasteiger partial charge is 0.267 e. The Morgan fingerprint density at radius 1 is 1.07 bits per heavy atom. The molecule has 0 radical (unpaired) electrons. The quantitative estimate of drug-likeness (QED) is 0.613. The normalized spacial score (nSPS) is 14.5. The lowest BCUT2D eigenvalue weighted by Crippen LogP contribution is -2.31. The van der Waals surface area contributed by atoms with Crippen molar-refractivity contribution in [3.05, 3.63) is 46.2 Å². The number of sulfonamides is 2. The first-order valence-corrected chi connectivity index (χ1v) is 12.2. The summed E-state index contributed by atoms with van der Waals surface area (Å²) in [4.78, 5) is 3.80. The van der Waals surface area contributed by atoms with Crippen molar-refractivity contribution in [3.8, 4) is 0 Å². The first-order valence-electron chi connectivity index (χ1n) is 8.60. The van der Waals surface area contributed by atoms with Gasteiger partial charge in [0.1, 0.15) is 10.0 Å². The standard InChI is InChI=1S/C17H19Cl2N3O4S2/c1-3-21(4-2)27(23,24)13-5-6-14-12(11-13)9-10-22(14)28(25,26)15-7-8-16(18)20-17(15)19/h5-8,11H,3-4,9-10H2,1-2H3. The monoisotopic (exact) mass is 463 g/mol. The van der Waals surface area contributed by atoms with E-state index in [1.54, 1.807) is 19.9 Å². The molecule has 2 heterocycles. The molecule has 0 atom stereocenters. The van der Waals surface area contributed by atoms with E-state index in [4.69, 9.17) is 23.2 Å². The lowest BCUT2D eigenvalue weighted by molar-refractivity contribution is 0.445. The third-order valence-corrected chi connectivity index (χ3v) is 9.10. The second kappa shape index (κ2) is 7.79. The number of rotatable bonds is 6. The summed E-state index contributed by atoms with van der Waals surface area (Å²) in [5.74, 6) is 0. The van der Waals surface area contributed by atoms with E-state index in [2.05, 4.69) is 4.98 Å². The Kier molecular flexibility index (Phi) is 5.94. The minimum absolute atomic E-state index is 0.0945. The van der Waals surface area contributed by atoms with Gasteiger partial charge in [-0.1, -0.05) is 37.0 Å². The van der Waals surface area contributed by atoms with Crippen LogP contribution in [-0.4, -0.2) is 45.8 Å². The molecule has 0 bridgehead atoms. The van der Waals surface area contributed by atoms with Crippen LogP contribution in [0.4, 0.5) is 5.69 Å². The van der Waals surface area contributed by atoms with Gasteiger partial charge in [0.2, 0.25) is 10.0 Å². The highest BCUT2D eigenvalue weighted by molar-refractivity contribution is 7.93. The molecule has 0 aliphatic carbocycles. The molecule has 11 heteroatoms. The maximum absolute atomic E-state index is 13.0. The Morgan fingerprint density at radius 2 is 1.75 bits per heavy atom. The van der Waals surface area contributed by atoms with Crippen molar-refractivity contribution in [2.45, 2.75) is 30.1 Å². The SMILES string of the molecule is CCN(CC)S(=O)(=O)c1ccc2c(c1)CCN2S(=O)(=O)c1ccc(Cl)nc1Cl. The lowest BCUT2D eigenvalue weighted by atomic mass is 10.2. The molecule has 0 amide bonds. The topological polar surface area (TPSA) is 87.7 Å². The Balaban J connectivity index is 2.02. The van der Waals surface area contributed by atoms with E-state index in [0.29, 0.717) is 30.8 Å². The predicted octanol–water partition coefficient (Wildman–Crippen LogP) is 3.17. The highest BCUT2D eigenvalue weighted by Gasteiger charge is 2.34. The number of nitrogens with zero attached hydrogens (tertiary/aromatic N) is 3. The zero-order valence-corrected chi connectivity index (χ0v) is 18.4. The van der Waals surface area contributed by atoms with Crippen LogP contribution in [0.2, 0.25) is 10.3 Å². The number of hydrogen-bond acceptors (Lipinski definition) is 5. The molecule has 1 aromatic carbocycles. The van der Waals surface area contributed by atoms with Crippen LogP contribution >= 0.6 is 23.2 Å². The molecule has 0 saturated heterocycles. The Bertz CT molecular complexity index is 1120. The predicted molar refractivity (Wildman–Crippen MR) is 109 cm³/mol. The van der Waals surface area contributed by atoms with Crippen LogP contribution in [0.5, 0.6) is 0 Å². The minimum Gasteiger partial charge on any atom is -0.266 e. The van der Waals surface area contributed by atoms with Gasteiger partial charge in [-0.2, -0.15) is 4.31 Å². The van der Waals surface area contributed by atoms with Crippen molar-refractivity contribution in [1.29, 1.82) is 0 Å². The first kappa shape index (κ1) is 21.3. The average Bonchev–Trinajstić information content (AvgIpc) is 3.06. The van der Waals surface area contributed by atoms with Crippen LogP contribution < -0.4 is 4.31 Å². The summed E-state index contributed by atoms with van der Waals surface area (Å²) >= 11 is 11.7. The first-order chi connectivity index (χ1) is 13.1. The Morgan fingerprint density at radius 3 is 2.36 bits per heavy atom. The van der Waals surface area contributed by atoms with Gasteiger partial charge in [-0.25, -0.2) is 21.8 Å². The fourth-order valence-electron chi connectivity index (χ4n) is 3.18. The molecular formula is C17H19Cl2N3O4S2. The number of hydrogen-bond donors (Lipinski definition) is 0. The van der Waals surface area contributed by atoms with Gasteiger partial charge in [0, 0.05) is 19.6 Å². The van der Waals surface area contributed by atoms with Gasteiger partial charge < -0.3 is 0 Å². The van der Waals surface area contributed by atoms with Crippen molar-refractivity contribution >= 4 is 48.9 Å². The van der Waals surface area contributed by atoms with Crippen LogP contribution in [0, 0.1) is 0 Å². The summed E-state index contributed by atoms with van der Waals surface area (Å²) in [6.07, 6.45) is 0.398. The number of pyridine rings is 1. The van der Waals surface area contributed by atoms with Gasteiger partial charge in [0.05, 0.1) is 10.6 Å². The zero-order valence-electron chi connectivity index (χ0n) is 15.3. The number of halogens is 2. The second-order valence-electron chi connectivity index (χ2n) is 6.13. The van der Waals surface area contributed by atoms with Crippen LogP contribution in [0.25, 0.3) is 0 Å². The molecule has 2 aromatic rings. The van der Waals surface area contributed by atoms with Crippen LogP contribution in [0.1, 0.15) is 19.4 Å². The minimum atomic E-state index is -3.95. The molecule has 28 heavy (non-hydrogen) atoms. The van der Waals surface area contributed by atoms with E-state index in [-0.39, 0.29) is 26.6 Å². The molecular weight excluding hydrogens is 445 g/mol. The molecule has 1 aliphatic heterocycles. The van der Waals surface area contributed by atoms with E-state index < -0.39 is 20.0 Å². The molecule has 3 rings (SSSR count). The van der Waals surface area contributed by atoms with E-state index in [1.165, 1.54) is 32.9 Å². The zero-order chi connectivity index (χ0) is 20.7. The maximum Gasteiger partial charge on any atom is 0.267 e. The fraction of sp³-hybridized carbons (Fsp3) is 0.353. The summed E-state index contributed by atoms with van der Waals surface area (Å²) < 4.78 is 54.1. The van der Waals surface area contributed by atoms with Crippen molar-refractivity contribution in [1.82, 2.24) is 9.29 Å². The van der Waals surface area contributed by atoms with Crippen molar-refractivity contribution < 1.29 is 16.8 Å². The van der Waals surface area contributed by atoms with Gasteiger partial charge in [-0.15, -0.1) is 0 Å². The van der Waals surface area contributed by atoms with Gasteiger partial charge in [0.25, 0.3) is 10.0 Å². The molecule has 0 N–H and O–H groups in total. The van der Waals surface area contributed by atoms with E-state index in [1.807, 2.05) is 0 Å². The van der Waals surface area contributed by atoms with Gasteiger partial charge in [0.15, 0.2) is 5.15 Å². The number of anilines is 1. The van der Waals surface area contributed by atoms with E-state index in [0.717, 1.165) is 0 Å². The second-order valence-corrected chi connectivity index (χ2v) is 10.6. The van der Waals surface area contributed by atoms with Crippen molar-refractivity contribution in [2.24, 2.45) is 0 Å². The molecule has 7 nitrogen and oxygen atoms in total. The molecule has 1 aromatic heterocycles. The smallest absolute Gasteiger partial charge is 0.266 e. The van der Waals surface area contributed by atoms with E-state index >= 15 is 0 Å². The summed E-state index contributed by atoms with van der Waals surface area (Å²) in [7, 11) is -7.57. The van der Waals surface area contributed by atoms with Crippen LogP contribution in [-0.2, 0) is 26.5 Å². The maximum atomic E-state index is 13.0. The lowest BCUT2D eigenvalue weighted by Gasteiger charge is -2.21. The molecule has 152 valence electrons. The summed E-state index contributed by atoms with van der Waals surface area (Å²) in [6, 6.07) is 7.16. The molecule has 0 unspecified atom stereocenters. The highest BCUT2D eigenvalue weighted by atomic mass is 35.5. The molecule has 0 spiro atoms. The number of aromatic nitrogens is 1. The summed E-state index contributed by atoms with van der Waals surface area (Å²) in [6.45, 7) is 4.45. The van der Waals surface area contributed by atoms with Gasteiger partial charge in [-0.3, -0.25) is 4.31 Å². The summed E-state index contributed by atoms with van der Waals surface area (Å²) in [5, 5.41) is -0.112. The van der Waals surface area contributed by atoms with Crippen molar-refractivity contribution in [2.75, 3.05) is 23.9 Å². The van der Waals surface area contributed by atoms with Crippen LogP contribution in [0.3, 0.4) is 0 Å². The number of benzene rings is 1. The van der Waals surface area contributed by atoms with Gasteiger partial charge in [-0.05, 0) is 42.3 Å². The molecule has 1 aliphatic rings. The molecule has 0 saturated carbocycles. The summed E-state index contributed by atoms with van der Waals surface area (Å²) in [5.41, 5.74) is 1.08. The Hall–Kier alpha value is -1.39. The number of fused-ring (bicyclic) bond motifs is 1. The average molecular weight is 464 g/mol. The molecule has 0 fully saturated rings.